The molecule has 0 unspecified atom stereocenters. The summed E-state index contributed by atoms with van der Waals surface area (Å²) in [6, 6.07) is 1.83. The highest BCUT2D eigenvalue weighted by Gasteiger charge is 2.40. The highest BCUT2D eigenvalue weighted by molar-refractivity contribution is 5.75. The molecule has 0 aliphatic carbocycles. The van der Waals surface area contributed by atoms with E-state index >= 15 is 0 Å². The van der Waals surface area contributed by atoms with Crippen molar-refractivity contribution in [1.29, 1.82) is 0 Å². The number of carboxylic acid groups (broad SMARTS) is 1. The van der Waals surface area contributed by atoms with Crippen LogP contribution in [0.2, 0.25) is 0 Å². The zero-order valence-corrected chi connectivity index (χ0v) is 10.6. The first kappa shape index (κ1) is 13.0. The van der Waals surface area contributed by atoms with Gasteiger partial charge in [0.05, 0.1) is 5.41 Å². The lowest BCUT2D eigenvalue weighted by Gasteiger charge is -2.33. The van der Waals surface area contributed by atoms with Crippen LogP contribution in [-0.4, -0.2) is 34.1 Å². The molecule has 5 heteroatoms. The number of carbonyl (C=O) groups is 1. The van der Waals surface area contributed by atoms with E-state index in [1.165, 1.54) is 0 Å². The third kappa shape index (κ3) is 2.67. The van der Waals surface area contributed by atoms with Crippen molar-refractivity contribution < 1.29 is 9.90 Å². The minimum atomic E-state index is -0.708. The molecule has 0 spiro atoms. The van der Waals surface area contributed by atoms with Gasteiger partial charge in [0.15, 0.2) is 0 Å². The summed E-state index contributed by atoms with van der Waals surface area (Å²) in [7, 11) is 0. The first-order valence-electron chi connectivity index (χ1n) is 6.41. The third-order valence-corrected chi connectivity index (χ3v) is 3.61. The van der Waals surface area contributed by atoms with E-state index in [0.717, 1.165) is 31.0 Å². The van der Waals surface area contributed by atoms with Crippen molar-refractivity contribution in [3.8, 4) is 0 Å². The van der Waals surface area contributed by atoms with Gasteiger partial charge in [-0.15, -0.1) is 0 Å². The lowest BCUT2D eigenvalue weighted by Crippen LogP contribution is -2.43. The molecule has 0 amide bonds. The molecule has 0 bridgehead atoms. The SMILES string of the molecule is CCc1nccc(CC2(C(=O)O)CCNCC2)n1. The van der Waals surface area contributed by atoms with Crippen LogP contribution < -0.4 is 5.32 Å². The van der Waals surface area contributed by atoms with Crippen LogP contribution >= 0.6 is 0 Å². The average Bonchev–Trinajstić information content (AvgIpc) is 2.40. The third-order valence-electron chi connectivity index (χ3n) is 3.61. The van der Waals surface area contributed by atoms with E-state index in [9.17, 15) is 9.90 Å². The second kappa shape index (κ2) is 5.44. The number of hydrogen-bond donors (Lipinski definition) is 2. The van der Waals surface area contributed by atoms with E-state index in [1.54, 1.807) is 6.20 Å². The van der Waals surface area contributed by atoms with Crippen molar-refractivity contribution in [2.45, 2.75) is 32.6 Å². The van der Waals surface area contributed by atoms with Crippen LogP contribution in [0, 0.1) is 5.41 Å². The van der Waals surface area contributed by atoms with Gasteiger partial charge in [0.25, 0.3) is 0 Å². The average molecular weight is 249 g/mol. The standard InChI is InChI=1S/C13H19N3O2/c1-2-11-15-6-3-10(16-11)9-13(12(17)18)4-7-14-8-5-13/h3,6,14H,2,4-5,7-9H2,1H3,(H,17,18). The maximum absolute atomic E-state index is 11.6. The normalized spacial score (nSPS) is 18.5. The lowest BCUT2D eigenvalue weighted by molar-refractivity contribution is -0.150. The van der Waals surface area contributed by atoms with Gasteiger partial charge >= 0.3 is 5.97 Å². The molecule has 0 saturated carbocycles. The van der Waals surface area contributed by atoms with E-state index < -0.39 is 11.4 Å². The predicted molar refractivity (Wildman–Crippen MR) is 67.3 cm³/mol. The van der Waals surface area contributed by atoms with Crippen LogP contribution in [0.5, 0.6) is 0 Å². The van der Waals surface area contributed by atoms with Crippen LogP contribution in [0.15, 0.2) is 12.3 Å². The van der Waals surface area contributed by atoms with Crippen molar-refractivity contribution in [3.63, 3.8) is 0 Å². The monoisotopic (exact) mass is 249 g/mol. The molecule has 0 radical (unpaired) electrons. The fourth-order valence-corrected chi connectivity index (χ4v) is 2.43. The predicted octanol–water partition coefficient (Wildman–Crippen LogP) is 1.04. The second-order valence-electron chi connectivity index (χ2n) is 4.83. The van der Waals surface area contributed by atoms with E-state index in [2.05, 4.69) is 15.3 Å². The van der Waals surface area contributed by atoms with Crippen LogP contribution in [0.3, 0.4) is 0 Å². The van der Waals surface area contributed by atoms with Crippen LogP contribution in [0.25, 0.3) is 0 Å². The molecular formula is C13H19N3O2. The van der Waals surface area contributed by atoms with Crippen molar-refractivity contribution in [2.24, 2.45) is 5.41 Å². The van der Waals surface area contributed by atoms with Gasteiger partial charge in [0, 0.05) is 24.7 Å². The van der Waals surface area contributed by atoms with Crippen molar-refractivity contribution in [1.82, 2.24) is 15.3 Å². The molecule has 1 aromatic rings. The summed E-state index contributed by atoms with van der Waals surface area (Å²) in [4.78, 5) is 20.1. The maximum Gasteiger partial charge on any atom is 0.310 e. The fraction of sp³-hybridized carbons (Fsp3) is 0.615. The number of nitrogens with one attached hydrogen (secondary N) is 1. The molecule has 2 rings (SSSR count). The Morgan fingerprint density at radius 1 is 1.50 bits per heavy atom. The number of piperidine rings is 1. The molecular weight excluding hydrogens is 230 g/mol. The zero-order chi connectivity index (χ0) is 13.0. The number of hydrogen-bond acceptors (Lipinski definition) is 4. The fourth-order valence-electron chi connectivity index (χ4n) is 2.43. The van der Waals surface area contributed by atoms with Gasteiger partial charge in [-0.3, -0.25) is 4.79 Å². The summed E-state index contributed by atoms with van der Waals surface area (Å²) in [5.74, 6) is 0.0719. The van der Waals surface area contributed by atoms with Crippen molar-refractivity contribution in [2.75, 3.05) is 13.1 Å². The van der Waals surface area contributed by atoms with Gasteiger partial charge in [-0.2, -0.15) is 0 Å². The van der Waals surface area contributed by atoms with Gasteiger partial charge in [-0.05, 0) is 32.0 Å². The van der Waals surface area contributed by atoms with E-state index in [4.69, 9.17) is 0 Å². The first-order chi connectivity index (χ1) is 8.66. The molecule has 0 atom stereocenters. The van der Waals surface area contributed by atoms with E-state index in [-0.39, 0.29) is 0 Å². The van der Waals surface area contributed by atoms with Crippen LogP contribution in [-0.2, 0) is 17.6 Å². The van der Waals surface area contributed by atoms with Gasteiger partial charge in [0.2, 0.25) is 0 Å². The van der Waals surface area contributed by atoms with Gasteiger partial charge in [-0.25, -0.2) is 9.97 Å². The van der Waals surface area contributed by atoms with Gasteiger partial charge in [-0.1, -0.05) is 6.92 Å². The minimum Gasteiger partial charge on any atom is -0.481 e. The van der Waals surface area contributed by atoms with E-state index in [0.29, 0.717) is 19.3 Å². The van der Waals surface area contributed by atoms with E-state index in [1.807, 2.05) is 13.0 Å². The topological polar surface area (TPSA) is 75.1 Å². The van der Waals surface area contributed by atoms with Crippen LogP contribution in [0.1, 0.15) is 31.3 Å². The summed E-state index contributed by atoms with van der Waals surface area (Å²) < 4.78 is 0. The smallest absolute Gasteiger partial charge is 0.310 e. The molecule has 2 N–H and O–H groups in total. The zero-order valence-electron chi connectivity index (χ0n) is 10.6. The first-order valence-corrected chi connectivity index (χ1v) is 6.41. The number of aryl methyl sites for hydroxylation is 1. The number of carboxylic acids is 1. The summed E-state index contributed by atoms with van der Waals surface area (Å²) >= 11 is 0. The maximum atomic E-state index is 11.6. The Kier molecular flexibility index (Phi) is 3.91. The molecule has 1 aliphatic rings. The highest BCUT2D eigenvalue weighted by atomic mass is 16.4. The Morgan fingerprint density at radius 2 is 2.22 bits per heavy atom. The summed E-state index contributed by atoms with van der Waals surface area (Å²) in [6.07, 6.45) is 4.31. The molecule has 1 saturated heterocycles. The number of rotatable bonds is 4. The molecule has 0 aromatic carbocycles. The number of aromatic nitrogens is 2. The highest BCUT2D eigenvalue weighted by Crippen LogP contribution is 2.32. The lowest BCUT2D eigenvalue weighted by atomic mass is 9.75. The molecule has 1 aromatic heterocycles. The Hall–Kier alpha value is -1.49. The molecule has 1 fully saturated rings. The second-order valence-corrected chi connectivity index (χ2v) is 4.83. The summed E-state index contributed by atoms with van der Waals surface area (Å²) in [6.45, 7) is 3.52. The largest absolute Gasteiger partial charge is 0.481 e. The molecule has 1 aliphatic heterocycles. The van der Waals surface area contributed by atoms with Gasteiger partial charge < -0.3 is 10.4 Å². The van der Waals surface area contributed by atoms with Crippen molar-refractivity contribution in [3.05, 3.63) is 23.8 Å². The molecule has 5 nitrogen and oxygen atoms in total. The number of aliphatic carboxylic acids is 1. The van der Waals surface area contributed by atoms with Crippen LogP contribution in [0.4, 0.5) is 0 Å². The quantitative estimate of drug-likeness (QED) is 0.833. The minimum absolute atomic E-state index is 0.500. The number of nitrogens with zero attached hydrogens (tertiary/aromatic N) is 2. The molecule has 2 heterocycles. The molecule has 98 valence electrons. The summed E-state index contributed by atoms with van der Waals surface area (Å²) in [5.41, 5.74) is 0.177. The summed E-state index contributed by atoms with van der Waals surface area (Å²) in [5, 5.41) is 12.7. The Morgan fingerprint density at radius 3 is 2.83 bits per heavy atom. The van der Waals surface area contributed by atoms with Crippen molar-refractivity contribution >= 4 is 5.97 Å². The molecule has 18 heavy (non-hydrogen) atoms. The Balaban J connectivity index is 2.20. The van der Waals surface area contributed by atoms with Gasteiger partial charge in [0.1, 0.15) is 5.82 Å². The Labute approximate surface area is 107 Å². The Bertz CT molecular complexity index is 428.